The van der Waals surface area contributed by atoms with Gasteiger partial charge in [0.2, 0.25) is 5.91 Å². The SMILES string of the molecule is O=C(c1ccccc1)[C@H]1CCCN(C(=O)Cc2ccsc2)C1. The molecule has 1 atom stereocenters. The summed E-state index contributed by atoms with van der Waals surface area (Å²) in [5.74, 6) is 0.222. The number of piperidine rings is 1. The minimum Gasteiger partial charge on any atom is -0.342 e. The molecule has 1 aromatic heterocycles. The molecule has 0 radical (unpaired) electrons. The molecule has 1 aliphatic heterocycles. The number of Topliss-reactive ketones (excluding diaryl/α,β-unsaturated/α-hetero) is 1. The van der Waals surface area contributed by atoms with Gasteiger partial charge >= 0.3 is 0 Å². The summed E-state index contributed by atoms with van der Waals surface area (Å²) in [5, 5.41) is 4.00. The molecule has 1 amide bonds. The monoisotopic (exact) mass is 313 g/mol. The van der Waals surface area contributed by atoms with E-state index in [0.29, 0.717) is 13.0 Å². The molecule has 1 saturated heterocycles. The van der Waals surface area contributed by atoms with E-state index in [0.717, 1.165) is 30.5 Å². The number of amides is 1. The first kappa shape index (κ1) is 15.0. The van der Waals surface area contributed by atoms with Crippen LogP contribution in [0.3, 0.4) is 0 Å². The maximum Gasteiger partial charge on any atom is 0.227 e. The number of hydrogen-bond acceptors (Lipinski definition) is 3. The first-order valence-corrected chi connectivity index (χ1v) is 8.56. The zero-order chi connectivity index (χ0) is 15.4. The Kier molecular flexibility index (Phi) is 4.68. The van der Waals surface area contributed by atoms with Crippen molar-refractivity contribution in [2.75, 3.05) is 13.1 Å². The van der Waals surface area contributed by atoms with Crippen molar-refractivity contribution in [1.82, 2.24) is 4.90 Å². The van der Waals surface area contributed by atoms with Gasteiger partial charge in [-0.3, -0.25) is 9.59 Å². The summed E-state index contributed by atoms with van der Waals surface area (Å²) < 4.78 is 0. The predicted molar refractivity (Wildman–Crippen MR) is 88.1 cm³/mol. The van der Waals surface area contributed by atoms with E-state index in [4.69, 9.17) is 0 Å². The van der Waals surface area contributed by atoms with E-state index in [1.165, 1.54) is 0 Å². The zero-order valence-corrected chi connectivity index (χ0v) is 13.2. The lowest BCUT2D eigenvalue weighted by Gasteiger charge is -2.32. The van der Waals surface area contributed by atoms with Crippen molar-refractivity contribution < 1.29 is 9.59 Å². The lowest BCUT2D eigenvalue weighted by molar-refractivity contribution is -0.131. The molecule has 1 fully saturated rings. The van der Waals surface area contributed by atoms with Crippen LogP contribution in [0.1, 0.15) is 28.8 Å². The minimum atomic E-state index is -0.0671. The second-order valence-corrected chi connectivity index (χ2v) is 6.50. The Labute approximate surface area is 134 Å². The van der Waals surface area contributed by atoms with E-state index >= 15 is 0 Å². The molecule has 114 valence electrons. The van der Waals surface area contributed by atoms with E-state index in [1.807, 2.05) is 52.1 Å². The van der Waals surface area contributed by atoms with Gasteiger partial charge in [-0.1, -0.05) is 30.3 Å². The van der Waals surface area contributed by atoms with Crippen LogP contribution in [-0.4, -0.2) is 29.7 Å². The van der Waals surface area contributed by atoms with Crippen LogP contribution >= 0.6 is 11.3 Å². The zero-order valence-electron chi connectivity index (χ0n) is 12.4. The van der Waals surface area contributed by atoms with E-state index in [-0.39, 0.29) is 17.6 Å². The van der Waals surface area contributed by atoms with E-state index in [1.54, 1.807) is 11.3 Å². The first-order chi connectivity index (χ1) is 10.7. The van der Waals surface area contributed by atoms with Crippen LogP contribution in [0.5, 0.6) is 0 Å². The largest absolute Gasteiger partial charge is 0.342 e. The van der Waals surface area contributed by atoms with Crippen molar-refractivity contribution in [3.8, 4) is 0 Å². The molecule has 0 aliphatic carbocycles. The summed E-state index contributed by atoms with van der Waals surface area (Å²) in [5.41, 5.74) is 1.81. The quantitative estimate of drug-likeness (QED) is 0.811. The van der Waals surface area contributed by atoms with Crippen LogP contribution in [0.2, 0.25) is 0 Å². The van der Waals surface area contributed by atoms with Crippen LogP contribution in [0.15, 0.2) is 47.2 Å². The van der Waals surface area contributed by atoms with Crippen LogP contribution < -0.4 is 0 Å². The third kappa shape index (κ3) is 3.45. The summed E-state index contributed by atoms with van der Waals surface area (Å²) in [6.45, 7) is 1.32. The average Bonchev–Trinajstić information content (AvgIpc) is 3.08. The Morgan fingerprint density at radius 1 is 1.18 bits per heavy atom. The van der Waals surface area contributed by atoms with E-state index in [9.17, 15) is 9.59 Å². The molecule has 2 aromatic rings. The number of carbonyl (C=O) groups is 2. The summed E-state index contributed by atoms with van der Waals surface area (Å²) in [6.07, 6.45) is 2.21. The van der Waals surface area contributed by atoms with Crippen LogP contribution in [-0.2, 0) is 11.2 Å². The van der Waals surface area contributed by atoms with Crippen molar-refractivity contribution >= 4 is 23.0 Å². The third-order valence-electron chi connectivity index (χ3n) is 4.14. The summed E-state index contributed by atoms with van der Waals surface area (Å²) in [6, 6.07) is 11.4. The first-order valence-electron chi connectivity index (χ1n) is 7.62. The minimum absolute atomic E-state index is 0.0671. The Bertz CT molecular complexity index is 636. The summed E-state index contributed by atoms with van der Waals surface area (Å²) in [7, 11) is 0. The van der Waals surface area contributed by atoms with Gasteiger partial charge in [0.15, 0.2) is 5.78 Å². The lowest BCUT2D eigenvalue weighted by atomic mass is 9.90. The van der Waals surface area contributed by atoms with Crippen LogP contribution in [0.25, 0.3) is 0 Å². The van der Waals surface area contributed by atoms with Gasteiger partial charge in [-0.25, -0.2) is 0 Å². The highest BCUT2D eigenvalue weighted by atomic mass is 32.1. The molecule has 4 heteroatoms. The second kappa shape index (κ2) is 6.88. The fraction of sp³-hybridized carbons (Fsp3) is 0.333. The van der Waals surface area contributed by atoms with Crippen molar-refractivity contribution in [3.63, 3.8) is 0 Å². The highest BCUT2D eigenvalue weighted by Gasteiger charge is 2.28. The molecule has 0 saturated carbocycles. The molecular weight excluding hydrogens is 294 g/mol. The van der Waals surface area contributed by atoms with Crippen molar-refractivity contribution in [1.29, 1.82) is 0 Å². The molecule has 2 heterocycles. The molecule has 1 aromatic carbocycles. The Balaban J connectivity index is 1.64. The highest BCUT2D eigenvalue weighted by molar-refractivity contribution is 7.08. The number of hydrogen-bond donors (Lipinski definition) is 0. The topological polar surface area (TPSA) is 37.4 Å². The maximum atomic E-state index is 12.5. The third-order valence-corrected chi connectivity index (χ3v) is 4.87. The molecule has 0 bridgehead atoms. The molecule has 22 heavy (non-hydrogen) atoms. The number of benzene rings is 1. The number of rotatable bonds is 4. The molecule has 0 N–H and O–H groups in total. The summed E-state index contributed by atoms with van der Waals surface area (Å²) >= 11 is 1.61. The Morgan fingerprint density at radius 3 is 2.73 bits per heavy atom. The van der Waals surface area contributed by atoms with E-state index in [2.05, 4.69) is 0 Å². The predicted octanol–water partition coefficient (Wildman–Crippen LogP) is 3.41. The van der Waals surface area contributed by atoms with Crippen molar-refractivity contribution in [2.45, 2.75) is 19.3 Å². The molecule has 1 aliphatic rings. The Morgan fingerprint density at radius 2 is 2.00 bits per heavy atom. The van der Waals surface area contributed by atoms with Gasteiger partial charge in [0, 0.05) is 24.6 Å². The standard InChI is InChI=1S/C18H19NO2S/c20-17(11-14-8-10-22-13-14)19-9-4-7-16(12-19)18(21)15-5-2-1-3-6-15/h1-3,5-6,8,10,13,16H,4,7,9,11-12H2/t16-/m0/s1. The smallest absolute Gasteiger partial charge is 0.227 e. The maximum absolute atomic E-state index is 12.5. The molecule has 3 nitrogen and oxygen atoms in total. The Hall–Kier alpha value is -1.94. The molecule has 3 rings (SSSR count). The normalized spacial score (nSPS) is 18.2. The fourth-order valence-corrected chi connectivity index (χ4v) is 3.60. The van der Waals surface area contributed by atoms with Gasteiger partial charge in [-0.15, -0.1) is 0 Å². The number of nitrogens with zero attached hydrogens (tertiary/aromatic N) is 1. The van der Waals surface area contributed by atoms with Crippen LogP contribution in [0, 0.1) is 5.92 Å². The number of likely N-dealkylation sites (tertiary alicyclic amines) is 1. The van der Waals surface area contributed by atoms with Gasteiger partial charge in [-0.05, 0) is 35.2 Å². The second-order valence-electron chi connectivity index (χ2n) is 5.72. The molecule has 0 unspecified atom stereocenters. The summed E-state index contributed by atoms with van der Waals surface area (Å²) in [4.78, 5) is 26.8. The van der Waals surface area contributed by atoms with Gasteiger partial charge in [-0.2, -0.15) is 11.3 Å². The van der Waals surface area contributed by atoms with Gasteiger partial charge in [0.05, 0.1) is 6.42 Å². The fourth-order valence-electron chi connectivity index (χ4n) is 2.94. The van der Waals surface area contributed by atoms with Gasteiger partial charge < -0.3 is 4.90 Å². The average molecular weight is 313 g/mol. The van der Waals surface area contributed by atoms with Gasteiger partial charge in [0.1, 0.15) is 0 Å². The van der Waals surface area contributed by atoms with Crippen molar-refractivity contribution in [3.05, 3.63) is 58.3 Å². The molecular formula is C18H19NO2S. The van der Waals surface area contributed by atoms with Crippen LogP contribution in [0.4, 0.5) is 0 Å². The molecule has 0 spiro atoms. The van der Waals surface area contributed by atoms with E-state index < -0.39 is 0 Å². The van der Waals surface area contributed by atoms with Gasteiger partial charge in [0.25, 0.3) is 0 Å². The number of carbonyl (C=O) groups excluding carboxylic acids is 2. The highest BCUT2D eigenvalue weighted by Crippen LogP contribution is 2.22. The van der Waals surface area contributed by atoms with Crippen molar-refractivity contribution in [2.24, 2.45) is 5.92 Å². The lowest BCUT2D eigenvalue weighted by Crippen LogP contribution is -2.43. The number of thiophene rings is 1. The number of ketones is 1.